The average Bonchev–Trinajstić information content (AvgIpc) is 2.97. The van der Waals surface area contributed by atoms with Crippen LogP contribution in [0.5, 0.6) is 0 Å². The third kappa shape index (κ3) is 4.36. The van der Waals surface area contributed by atoms with Crippen LogP contribution in [0.2, 0.25) is 0 Å². The maximum absolute atomic E-state index is 4.14. The van der Waals surface area contributed by atoms with E-state index < -0.39 is 0 Å². The van der Waals surface area contributed by atoms with E-state index in [1.165, 1.54) is 10.5 Å². The highest BCUT2D eigenvalue weighted by atomic mass is 32.2. The van der Waals surface area contributed by atoms with Crippen LogP contribution in [0.4, 0.5) is 0 Å². The maximum Gasteiger partial charge on any atom is 0.137 e. The van der Waals surface area contributed by atoms with Crippen LogP contribution in [-0.2, 0) is 13.1 Å². The first-order chi connectivity index (χ1) is 9.31. The molecule has 0 aliphatic rings. The highest BCUT2D eigenvalue weighted by molar-refractivity contribution is 7.98. The van der Waals surface area contributed by atoms with Crippen molar-refractivity contribution in [3.05, 3.63) is 42.5 Å². The van der Waals surface area contributed by atoms with Crippen molar-refractivity contribution >= 4 is 11.8 Å². The van der Waals surface area contributed by atoms with Gasteiger partial charge in [-0.25, -0.2) is 4.98 Å². The second-order valence-electron chi connectivity index (χ2n) is 4.45. The topological polar surface area (TPSA) is 42.7 Å². The quantitative estimate of drug-likeness (QED) is 0.789. The molecule has 0 aliphatic heterocycles. The van der Waals surface area contributed by atoms with Crippen molar-refractivity contribution in [3.63, 3.8) is 0 Å². The predicted octanol–water partition coefficient (Wildman–Crippen LogP) is 2.57. The molecule has 5 heteroatoms. The fourth-order valence-corrected chi connectivity index (χ4v) is 2.30. The van der Waals surface area contributed by atoms with Gasteiger partial charge in [0.05, 0.1) is 6.54 Å². The number of aromatic nitrogens is 3. The van der Waals surface area contributed by atoms with Crippen LogP contribution in [-0.4, -0.2) is 27.1 Å². The van der Waals surface area contributed by atoms with Crippen molar-refractivity contribution in [1.82, 2.24) is 20.1 Å². The summed E-state index contributed by atoms with van der Waals surface area (Å²) in [7, 11) is 0. The number of nitrogens with one attached hydrogen (secondary N) is 1. The maximum atomic E-state index is 4.14. The van der Waals surface area contributed by atoms with Gasteiger partial charge >= 0.3 is 0 Å². The van der Waals surface area contributed by atoms with Gasteiger partial charge in [-0.1, -0.05) is 19.1 Å². The van der Waals surface area contributed by atoms with E-state index in [4.69, 9.17) is 0 Å². The highest BCUT2D eigenvalue weighted by Gasteiger charge is 2.07. The van der Waals surface area contributed by atoms with Gasteiger partial charge in [0.2, 0.25) is 0 Å². The van der Waals surface area contributed by atoms with Crippen LogP contribution in [0.1, 0.15) is 18.9 Å². The van der Waals surface area contributed by atoms with E-state index in [2.05, 4.69) is 52.8 Å². The lowest BCUT2D eigenvalue weighted by atomic mass is 10.2. The van der Waals surface area contributed by atoms with E-state index in [1.807, 2.05) is 4.68 Å². The SMILES string of the molecule is CCC(Cn1cncn1)NCc1ccc(SC)cc1. The lowest BCUT2D eigenvalue weighted by Crippen LogP contribution is -2.32. The molecular formula is C14H20N4S. The molecule has 1 N–H and O–H groups in total. The summed E-state index contributed by atoms with van der Waals surface area (Å²) < 4.78 is 1.87. The zero-order valence-electron chi connectivity index (χ0n) is 11.4. The molecule has 4 nitrogen and oxygen atoms in total. The Morgan fingerprint density at radius 2 is 2.11 bits per heavy atom. The van der Waals surface area contributed by atoms with Crippen molar-refractivity contribution in [2.75, 3.05) is 6.26 Å². The first-order valence-corrected chi connectivity index (χ1v) is 7.73. The molecule has 102 valence electrons. The Morgan fingerprint density at radius 3 is 2.68 bits per heavy atom. The predicted molar refractivity (Wildman–Crippen MR) is 79.2 cm³/mol. The molecule has 0 saturated carbocycles. The Balaban J connectivity index is 1.84. The monoisotopic (exact) mass is 276 g/mol. The van der Waals surface area contributed by atoms with Gasteiger partial charge in [0.25, 0.3) is 0 Å². The Morgan fingerprint density at radius 1 is 1.32 bits per heavy atom. The van der Waals surface area contributed by atoms with Crippen molar-refractivity contribution in [3.8, 4) is 0 Å². The Hall–Kier alpha value is -1.33. The molecule has 1 atom stereocenters. The standard InChI is InChI=1S/C14H20N4S/c1-3-13(9-18-11-15-10-17-18)16-8-12-4-6-14(19-2)7-5-12/h4-7,10-11,13,16H,3,8-9H2,1-2H3. The highest BCUT2D eigenvalue weighted by Crippen LogP contribution is 2.14. The van der Waals surface area contributed by atoms with Gasteiger partial charge in [0.15, 0.2) is 0 Å². The molecule has 0 bridgehead atoms. The van der Waals surface area contributed by atoms with Crippen molar-refractivity contribution in [2.24, 2.45) is 0 Å². The number of hydrogen-bond donors (Lipinski definition) is 1. The van der Waals surface area contributed by atoms with Gasteiger partial charge in [-0.3, -0.25) is 4.68 Å². The summed E-state index contributed by atoms with van der Waals surface area (Å²) in [6.45, 7) is 3.94. The molecule has 1 heterocycles. The van der Waals surface area contributed by atoms with E-state index in [9.17, 15) is 0 Å². The fraction of sp³-hybridized carbons (Fsp3) is 0.429. The fourth-order valence-electron chi connectivity index (χ4n) is 1.90. The normalized spacial score (nSPS) is 12.5. The molecule has 0 aliphatic carbocycles. The molecule has 1 aromatic carbocycles. The summed E-state index contributed by atoms with van der Waals surface area (Å²) in [5, 5.41) is 7.71. The van der Waals surface area contributed by atoms with Gasteiger partial charge in [0.1, 0.15) is 12.7 Å². The van der Waals surface area contributed by atoms with Crippen LogP contribution in [0, 0.1) is 0 Å². The zero-order valence-corrected chi connectivity index (χ0v) is 12.2. The minimum absolute atomic E-state index is 0.418. The van der Waals surface area contributed by atoms with E-state index in [0.717, 1.165) is 19.5 Å². The molecule has 0 fully saturated rings. The summed E-state index contributed by atoms with van der Waals surface area (Å²) in [5.74, 6) is 0. The smallest absolute Gasteiger partial charge is 0.137 e. The summed E-state index contributed by atoms with van der Waals surface area (Å²) in [4.78, 5) is 5.27. The Kier molecular flexibility index (Phi) is 5.42. The van der Waals surface area contributed by atoms with E-state index >= 15 is 0 Å². The summed E-state index contributed by atoms with van der Waals surface area (Å²) in [6.07, 6.45) is 6.51. The summed E-state index contributed by atoms with van der Waals surface area (Å²) in [6, 6.07) is 9.12. The van der Waals surface area contributed by atoms with Gasteiger partial charge < -0.3 is 5.32 Å². The minimum Gasteiger partial charge on any atom is -0.308 e. The molecule has 1 unspecified atom stereocenters. The van der Waals surface area contributed by atoms with Crippen molar-refractivity contribution in [1.29, 1.82) is 0 Å². The molecule has 1 aromatic heterocycles. The van der Waals surface area contributed by atoms with Crippen LogP contribution < -0.4 is 5.32 Å². The molecule has 0 saturated heterocycles. The number of rotatable bonds is 7. The van der Waals surface area contributed by atoms with Gasteiger partial charge in [-0.2, -0.15) is 5.10 Å². The molecule has 2 aromatic rings. The largest absolute Gasteiger partial charge is 0.308 e. The van der Waals surface area contributed by atoms with E-state index in [0.29, 0.717) is 6.04 Å². The second-order valence-corrected chi connectivity index (χ2v) is 5.33. The lowest BCUT2D eigenvalue weighted by Gasteiger charge is -2.16. The zero-order chi connectivity index (χ0) is 13.5. The third-order valence-corrected chi connectivity index (χ3v) is 3.86. The molecule has 0 radical (unpaired) electrons. The van der Waals surface area contributed by atoms with Crippen molar-refractivity contribution < 1.29 is 0 Å². The first-order valence-electron chi connectivity index (χ1n) is 6.50. The number of hydrogen-bond acceptors (Lipinski definition) is 4. The first kappa shape index (κ1) is 14.1. The van der Waals surface area contributed by atoms with Crippen LogP contribution in [0.3, 0.4) is 0 Å². The Labute approximate surface area is 118 Å². The molecule has 19 heavy (non-hydrogen) atoms. The molecule has 2 rings (SSSR count). The van der Waals surface area contributed by atoms with Crippen molar-refractivity contribution in [2.45, 2.75) is 37.4 Å². The Bertz CT molecular complexity index is 467. The number of benzene rings is 1. The third-order valence-electron chi connectivity index (χ3n) is 3.12. The summed E-state index contributed by atoms with van der Waals surface area (Å²) >= 11 is 1.77. The van der Waals surface area contributed by atoms with Gasteiger partial charge in [-0.05, 0) is 30.4 Å². The van der Waals surface area contributed by atoms with E-state index in [1.54, 1.807) is 24.4 Å². The minimum atomic E-state index is 0.418. The summed E-state index contributed by atoms with van der Waals surface area (Å²) in [5.41, 5.74) is 1.31. The van der Waals surface area contributed by atoms with Gasteiger partial charge in [0, 0.05) is 17.5 Å². The molecule has 0 spiro atoms. The molecular weight excluding hydrogens is 256 g/mol. The van der Waals surface area contributed by atoms with E-state index in [-0.39, 0.29) is 0 Å². The lowest BCUT2D eigenvalue weighted by molar-refractivity contribution is 0.414. The van der Waals surface area contributed by atoms with Gasteiger partial charge in [-0.15, -0.1) is 11.8 Å². The average molecular weight is 276 g/mol. The molecule has 0 amide bonds. The second kappa shape index (κ2) is 7.31. The number of nitrogens with zero attached hydrogens (tertiary/aromatic N) is 3. The van der Waals surface area contributed by atoms with Crippen LogP contribution >= 0.6 is 11.8 Å². The van der Waals surface area contributed by atoms with Crippen LogP contribution in [0.25, 0.3) is 0 Å². The van der Waals surface area contributed by atoms with Crippen LogP contribution in [0.15, 0.2) is 41.8 Å². The number of thioether (sulfide) groups is 1.